The van der Waals surface area contributed by atoms with Gasteiger partial charge in [0.05, 0.1) is 6.54 Å². The van der Waals surface area contributed by atoms with Gasteiger partial charge < -0.3 is 20.4 Å². The van der Waals surface area contributed by atoms with Crippen LogP contribution in [0.1, 0.15) is 39.2 Å². The number of halogens is 3. The summed E-state index contributed by atoms with van der Waals surface area (Å²) >= 11 is 6.25. The van der Waals surface area contributed by atoms with Gasteiger partial charge in [0.25, 0.3) is 0 Å². The van der Waals surface area contributed by atoms with E-state index in [1.807, 2.05) is 0 Å². The molecule has 5 nitrogen and oxygen atoms in total. The molecule has 1 fully saturated rings. The summed E-state index contributed by atoms with van der Waals surface area (Å²) in [6, 6.07) is 4.58. The highest BCUT2D eigenvalue weighted by atomic mass is 127. The van der Waals surface area contributed by atoms with E-state index in [0.717, 1.165) is 31.0 Å². The van der Waals surface area contributed by atoms with Gasteiger partial charge in [0.15, 0.2) is 5.96 Å². The Morgan fingerprint density at radius 1 is 1.17 bits per heavy atom. The summed E-state index contributed by atoms with van der Waals surface area (Å²) in [4.78, 5) is 9.68. The zero-order chi connectivity index (χ0) is 21.3. The molecule has 0 amide bonds. The summed E-state index contributed by atoms with van der Waals surface area (Å²) < 4.78 is 13.4. The summed E-state index contributed by atoms with van der Waals surface area (Å²) in [6.07, 6.45) is 2.30. The fourth-order valence-corrected chi connectivity index (χ4v) is 3.90. The number of hydrogen-bond donors (Lipinski definition) is 2. The molecule has 0 saturated carbocycles. The standard InChI is InChI=1S/C22H37ClFN5.HI/c1-5-25-21(26-10-6-7-11-29-14-12-28(4)13-15-29)27-17-22(2,3)19-9-8-18(24)16-20(19)23;/h8-9,16H,5-7,10-15,17H2,1-4H3,(H2,25,26,27);1H. The molecule has 0 aromatic heterocycles. The van der Waals surface area contributed by atoms with Crippen molar-refractivity contribution in [2.24, 2.45) is 4.99 Å². The number of aliphatic imine (C=N–C) groups is 1. The molecule has 0 aliphatic carbocycles. The van der Waals surface area contributed by atoms with Crippen molar-refractivity contribution in [2.45, 2.75) is 39.0 Å². The molecule has 30 heavy (non-hydrogen) atoms. The van der Waals surface area contributed by atoms with Crippen molar-refractivity contribution in [3.63, 3.8) is 0 Å². The number of nitrogens with zero attached hydrogens (tertiary/aromatic N) is 3. The molecule has 1 aromatic rings. The van der Waals surface area contributed by atoms with Crippen molar-refractivity contribution in [2.75, 3.05) is 59.4 Å². The van der Waals surface area contributed by atoms with Crippen molar-refractivity contribution >= 4 is 41.5 Å². The van der Waals surface area contributed by atoms with Crippen molar-refractivity contribution in [3.05, 3.63) is 34.6 Å². The molecule has 1 aromatic carbocycles. The molecule has 0 radical (unpaired) electrons. The highest BCUT2D eigenvalue weighted by Gasteiger charge is 2.23. The molecular formula is C22H38ClFIN5. The number of unbranched alkanes of at least 4 members (excludes halogenated alkanes) is 1. The Balaban J connectivity index is 0.00000450. The third kappa shape index (κ3) is 9.24. The number of nitrogens with one attached hydrogen (secondary N) is 2. The van der Waals surface area contributed by atoms with Crippen LogP contribution in [0.5, 0.6) is 0 Å². The molecule has 1 aliphatic rings. The van der Waals surface area contributed by atoms with E-state index in [1.54, 1.807) is 6.07 Å². The number of piperazine rings is 1. The van der Waals surface area contributed by atoms with Gasteiger partial charge >= 0.3 is 0 Å². The van der Waals surface area contributed by atoms with Crippen LogP contribution in [0.4, 0.5) is 4.39 Å². The maximum absolute atomic E-state index is 13.4. The van der Waals surface area contributed by atoms with Crippen molar-refractivity contribution in [1.29, 1.82) is 0 Å². The smallest absolute Gasteiger partial charge is 0.191 e. The summed E-state index contributed by atoms with van der Waals surface area (Å²) in [5, 5.41) is 7.19. The first kappa shape index (κ1) is 27.4. The molecule has 2 rings (SSSR count). The number of rotatable bonds is 9. The lowest BCUT2D eigenvalue weighted by atomic mass is 9.84. The number of hydrogen-bond acceptors (Lipinski definition) is 3. The van der Waals surface area contributed by atoms with Crippen molar-refractivity contribution in [1.82, 2.24) is 20.4 Å². The van der Waals surface area contributed by atoms with E-state index in [0.29, 0.717) is 11.6 Å². The molecule has 8 heteroatoms. The topological polar surface area (TPSA) is 42.9 Å². The lowest BCUT2D eigenvalue weighted by Crippen LogP contribution is -2.44. The summed E-state index contributed by atoms with van der Waals surface area (Å²) in [5.41, 5.74) is 0.626. The first-order valence-corrected chi connectivity index (χ1v) is 11.1. The maximum atomic E-state index is 13.4. The predicted molar refractivity (Wildman–Crippen MR) is 137 cm³/mol. The van der Waals surface area contributed by atoms with Gasteiger partial charge in [-0.2, -0.15) is 0 Å². The monoisotopic (exact) mass is 553 g/mol. The van der Waals surface area contributed by atoms with Crippen LogP contribution >= 0.6 is 35.6 Å². The van der Waals surface area contributed by atoms with E-state index in [-0.39, 0.29) is 35.2 Å². The Hall–Kier alpha value is -0.640. The normalized spacial score (nSPS) is 16.3. The molecule has 2 N–H and O–H groups in total. The number of benzene rings is 1. The van der Waals surface area contributed by atoms with E-state index >= 15 is 0 Å². The van der Waals surface area contributed by atoms with Gasteiger partial charge in [-0.3, -0.25) is 4.99 Å². The van der Waals surface area contributed by atoms with Gasteiger partial charge in [0.1, 0.15) is 5.82 Å². The van der Waals surface area contributed by atoms with Crippen LogP contribution in [0.15, 0.2) is 23.2 Å². The minimum atomic E-state index is -0.315. The molecular weight excluding hydrogens is 516 g/mol. The Morgan fingerprint density at radius 2 is 1.87 bits per heavy atom. The second kappa shape index (κ2) is 13.7. The zero-order valence-corrected chi connectivity index (χ0v) is 21.9. The van der Waals surface area contributed by atoms with Crippen LogP contribution in [0, 0.1) is 5.82 Å². The molecule has 0 unspecified atom stereocenters. The first-order valence-electron chi connectivity index (χ1n) is 10.7. The average Bonchev–Trinajstić information content (AvgIpc) is 2.67. The predicted octanol–water partition coefficient (Wildman–Crippen LogP) is 3.96. The van der Waals surface area contributed by atoms with Gasteiger partial charge in [0, 0.05) is 49.7 Å². The highest BCUT2D eigenvalue weighted by molar-refractivity contribution is 14.0. The van der Waals surface area contributed by atoms with E-state index < -0.39 is 0 Å². The second-order valence-corrected chi connectivity index (χ2v) is 8.89. The minimum absolute atomic E-state index is 0. The first-order chi connectivity index (χ1) is 13.8. The lowest BCUT2D eigenvalue weighted by Gasteiger charge is -2.32. The van der Waals surface area contributed by atoms with E-state index in [9.17, 15) is 4.39 Å². The highest BCUT2D eigenvalue weighted by Crippen LogP contribution is 2.30. The minimum Gasteiger partial charge on any atom is -0.357 e. The summed E-state index contributed by atoms with van der Waals surface area (Å²) in [7, 11) is 2.19. The van der Waals surface area contributed by atoms with Crippen molar-refractivity contribution < 1.29 is 4.39 Å². The quantitative estimate of drug-likeness (QED) is 0.210. The van der Waals surface area contributed by atoms with Crippen LogP contribution in [0.2, 0.25) is 5.02 Å². The molecule has 172 valence electrons. The molecule has 1 saturated heterocycles. The van der Waals surface area contributed by atoms with E-state index in [2.05, 4.69) is 48.3 Å². The van der Waals surface area contributed by atoms with Crippen LogP contribution in [0.25, 0.3) is 0 Å². The second-order valence-electron chi connectivity index (χ2n) is 8.48. The van der Waals surface area contributed by atoms with Gasteiger partial charge in [-0.25, -0.2) is 4.39 Å². The van der Waals surface area contributed by atoms with Crippen LogP contribution < -0.4 is 10.6 Å². The third-order valence-electron chi connectivity index (χ3n) is 5.43. The van der Waals surface area contributed by atoms with Crippen LogP contribution in [-0.4, -0.2) is 75.2 Å². The van der Waals surface area contributed by atoms with Crippen LogP contribution in [0.3, 0.4) is 0 Å². The molecule has 1 heterocycles. The largest absolute Gasteiger partial charge is 0.357 e. The average molecular weight is 554 g/mol. The Kier molecular flexibility index (Phi) is 12.5. The Bertz CT molecular complexity index is 663. The lowest BCUT2D eigenvalue weighted by molar-refractivity contribution is 0.152. The number of likely N-dealkylation sites (N-methyl/N-ethyl adjacent to an activating group) is 1. The fraction of sp³-hybridized carbons (Fsp3) is 0.682. The third-order valence-corrected chi connectivity index (χ3v) is 5.74. The molecule has 0 spiro atoms. The van der Waals surface area contributed by atoms with Gasteiger partial charge in [-0.1, -0.05) is 31.5 Å². The Morgan fingerprint density at radius 3 is 2.50 bits per heavy atom. The fourth-order valence-electron chi connectivity index (χ4n) is 3.48. The zero-order valence-electron chi connectivity index (χ0n) is 18.8. The number of guanidine groups is 1. The van der Waals surface area contributed by atoms with Gasteiger partial charge in [0.2, 0.25) is 0 Å². The molecule has 1 aliphatic heterocycles. The molecule has 0 atom stereocenters. The maximum Gasteiger partial charge on any atom is 0.191 e. The Labute approximate surface area is 203 Å². The van der Waals surface area contributed by atoms with Crippen LogP contribution in [-0.2, 0) is 5.41 Å². The SMILES string of the molecule is CCNC(=NCC(C)(C)c1ccc(F)cc1Cl)NCCCCN1CCN(C)CC1.I. The van der Waals surface area contributed by atoms with E-state index in [1.165, 1.54) is 51.3 Å². The molecule has 0 bridgehead atoms. The summed E-state index contributed by atoms with van der Waals surface area (Å²) in [5.74, 6) is 0.503. The summed E-state index contributed by atoms with van der Waals surface area (Å²) in [6.45, 7) is 14.4. The van der Waals surface area contributed by atoms with Crippen molar-refractivity contribution in [3.8, 4) is 0 Å². The van der Waals surface area contributed by atoms with Gasteiger partial charge in [-0.15, -0.1) is 24.0 Å². The van der Waals surface area contributed by atoms with Gasteiger partial charge in [-0.05, 0) is 51.1 Å². The van der Waals surface area contributed by atoms with E-state index in [4.69, 9.17) is 16.6 Å².